The first kappa shape index (κ1) is 34.8. The fraction of sp³-hybridized carbons (Fsp3) is 0.474. The number of nitrogens with zero attached hydrogens (tertiary/aromatic N) is 2. The Bertz CT molecular complexity index is 1740. The van der Waals surface area contributed by atoms with Gasteiger partial charge in [0, 0.05) is 35.3 Å². The summed E-state index contributed by atoms with van der Waals surface area (Å²) in [6, 6.07) is 7.11. The summed E-state index contributed by atoms with van der Waals surface area (Å²) in [6.45, 7) is 10.8. The van der Waals surface area contributed by atoms with Crippen molar-refractivity contribution < 1.29 is 47.8 Å². The number of hydrogen-bond donors (Lipinski definition) is 0. The second-order valence-corrected chi connectivity index (χ2v) is 15.3. The molecule has 0 aromatic heterocycles. The van der Waals surface area contributed by atoms with E-state index in [9.17, 15) is 38.4 Å². The minimum Gasteiger partial charge on any atom is -0.444 e. The van der Waals surface area contributed by atoms with Gasteiger partial charge in [-0.3, -0.25) is 38.6 Å². The molecule has 0 spiro atoms. The number of hydrogen-bond acceptors (Lipinski definition) is 10. The lowest BCUT2D eigenvalue weighted by Crippen LogP contribution is -2.47. The van der Waals surface area contributed by atoms with Crippen molar-refractivity contribution in [1.29, 1.82) is 0 Å². The van der Waals surface area contributed by atoms with Crippen LogP contribution in [0.25, 0.3) is 11.1 Å². The van der Waals surface area contributed by atoms with E-state index in [1.54, 1.807) is 53.7 Å². The highest BCUT2D eigenvalue weighted by atomic mass is 16.6. The second-order valence-electron chi connectivity index (χ2n) is 15.3. The molecular formula is C38H40N2O10. The van der Waals surface area contributed by atoms with Crippen molar-refractivity contribution in [3.63, 3.8) is 0 Å². The highest BCUT2D eigenvalue weighted by Crippen LogP contribution is 2.37. The Morgan fingerprint density at radius 3 is 1.24 bits per heavy atom. The Balaban J connectivity index is 1.22. The molecule has 0 bridgehead atoms. The van der Waals surface area contributed by atoms with Gasteiger partial charge in [0.1, 0.15) is 23.0 Å². The number of ether oxygens (including phenoxy) is 2. The lowest BCUT2D eigenvalue weighted by atomic mass is 9.92. The summed E-state index contributed by atoms with van der Waals surface area (Å²) in [5, 5.41) is 0. The van der Waals surface area contributed by atoms with Gasteiger partial charge in [-0.1, -0.05) is 24.3 Å². The first-order valence-electron chi connectivity index (χ1n) is 16.9. The average Bonchev–Trinajstić information content (AvgIpc) is 3.81. The minimum absolute atomic E-state index is 0.0482. The first-order chi connectivity index (χ1) is 23.4. The van der Waals surface area contributed by atoms with Crippen LogP contribution in [-0.4, -0.2) is 93.1 Å². The van der Waals surface area contributed by atoms with E-state index in [0.29, 0.717) is 36.8 Å². The molecule has 0 N–H and O–H groups in total. The second kappa shape index (κ2) is 12.4. The van der Waals surface area contributed by atoms with Gasteiger partial charge in [-0.2, -0.15) is 0 Å². The van der Waals surface area contributed by atoms with Crippen molar-refractivity contribution in [2.24, 2.45) is 11.8 Å². The summed E-state index contributed by atoms with van der Waals surface area (Å²) in [5.74, 6) is -7.08. The maximum absolute atomic E-state index is 13.7. The molecule has 2 saturated heterocycles. The lowest BCUT2D eigenvalue weighted by Gasteiger charge is -2.28. The molecule has 262 valence electrons. The summed E-state index contributed by atoms with van der Waals surface area (Å²) in [7, 11) is 0. The normalized spacial score (nSPS) is 23.3. The third-order valence-corrected chi connectivity index (χ3v) is 9.47. The third kappa shape index (κ3) is 6.16. The largest absolute Gasteiger partial charge is 0.444 e. The Morgan fingerprint density at radius 1 is 0.560 bits per heavy atom. The summed E-state index contributed by atoms with van der Waals surface area (Å²) in [4.78, 5) is 110. The SMILES string of the molecule is CC(C)(C)OC(=O)N1CCC[C@@H]1C(=O)C1C(=O)c2ccc(-c3ccc4c(c3)C(=O)C(C(=O)[C@H]3CCCN3C(=O)OC(C)(C)C)C4=O)cc2C1=O. The van der Waals surface area contributed by atoms with Crippen LogP contribution >= 0.6 is 0 Å². The summed E-state index contributed by atoms with van der Waals surface area (Å²) in [6.07, 6.45) is 0.308. The zero-order valence-electron chi connectivity index (χ0n) is 29.0. The van der Waals surface area contributed by atoms with Crippen molar-refractivity contribution >= 4 is 46.9 Å². The van der Waals surface area contributed by atoms with Gasteiger partial charge in [0.2, 0.25) is 0 Å². The molecule has 4 atom stereocenters. The highest BCUT2D eigenvalue weighted by Gasteiger charge is 2.50. The van der Waals surface area contributed by atoms with Crippen LogP contribution in [0.15, 0.2) is 36.4 Å². The van der Waals surface area contributed by atoms with E-state index in [4.69, 9.17) is 9.47 Å². The molecule has 2 unspecified atom stereocenters. The Morgan fingerprint density at radius 2 is 0.900 bits per heavy atom. The van der Waals surface area contributed by atoms with Crippen LogP contribution in [-0.2, 0) is 19.1 Å². The molecule has 2 fully saturated rings. The molecule has 2 aromatic carbocycles. The van der Waals surface area contributed by atoms with Gasteiger partial charge in [-0.15, -0.1) is 0 Å². The molecule has 12 heteroatoms. The van der Waals surface area contributed by atoms with Gasteiger partial charge in [0.25, 0.3) is 0 Å². The number of likely N-dealkylation sites (tertiary alicyclic amines) is 2. The first-order valence-corrected chi connectivity index (χ1v) is 16.9. The monoisotopic (exact) mass is 684 g/mol. The van der Waals surface area contributed by atoms with Crippen LogP contribution in [0, 0.1) is 11.8 Å². The average molecular weight is 685 g/mol. The van der Waals surface area contributed by atoms with Crippen LogP contribution in [0.5, 0.6) is 0 Å². The summed E-state index contributed by atoms with van der Waals surface area (Å²) >= 11 is 0. The molecule has 2 amide bonds. The maximum Gasteiger partial charge on any atom is 0.410 e. The van der Waals surface area contributed by atoms with Crippen molar-refractivity contribution in [2.75, 3.05) is 13.1 Å². The number of rotatable bonds is 5. The van der Waals surface area contributed by atoms with Gasteiger partial charge in [0.05, 0.1) is 12.1 Å². The molecule has 6 rings (SSSR count). The van der Waals surface area contributed by atoms with Crippen molar-refractivity contribution in [1.82, 2.24) is 9.80 Å². The van der Waals surface area contributed by atoms with Gasteiger partial charge >= 0.3 is 12.2 Å². The van der Waals surface area contributed by atoms with Crippen LogP contribution in [0.2, 0.25) is 0 Å². The number of carbonyl (C=O) groups excluding carboxylic acids is 8. The molecule has 50 heavy (non-hydrogen) atoms. The van der Waals surface area contributed by atoms with Gasteiger partial charge in [-0.05, 0) is 90.5 Å². The lowest BCUT2D eigenvalue weighted by molar-refractivity contribution is -0.125. The van der Waals surface area contributed by atoms with Crippen LogP contribution in [0.1, 0.15) is 109 Å². The minimum atomic E-state index is -1.59. The van der Waals surface area contributed by atoms with Crippen LogP contribution in [0.3, 0.4) is 0 Å². The molecule has 0 saturated carbocycles. The molecular weight excluding hydrogens is 644 g/mol. The molecule has 0 radical (unpaired) electrons. The maximum atomic E-state index is 13.7. The van der Waals surface area contributed by atoms with E-state index in [2.05, 4.69) is 0 Å². The number of benzene rings is 2. The number of ketones is 6. The Labute approximate surface area is 289 Å². The molecule has 2 aromatic rings. The predicted octanol–water partition coefficient (Wildman–Crippen LogP) is 5.28. The Hall–Kier alpha value is -5.00. The zero-order valence-corrected chi connectivity index (χ0v) is 29.0. The molecule has 12 nitrogen and oxygen atoms in total. The summed E-state index contributed by atoms with van der Waals surface area (Å²) in [5.41, 5.74) is -0.392. The van der Waals surface area contributed by atoms with Gasteiger partial charge in [0.15, 0.2) is 34.7 Å². The van der Waals surface area contributed by atoms with Crippen molar-refractivity contribution in [3.05, 3.63) is 58.7 Å². The van der Waals surface area contributed by atoms with Crippen LogP contribution in [0.4, 0.5) is 9.59 Å². The standard InChI is InChI=1S/C38H40N2O10/c1-37(2,3)49-35(47)39-15-7-9-25(39)33(45)27-29(41)21-13-11-19(17-23(21)31(27)43)20-12-14-22-24(18-20)32(44)28(30(22)42)34(46)26-10-8-16-40(26)36(48)50-38(4,5)6/h11-14,17-18,25-28H,7-10,15-16H2,1-6H3/t25-,26-,27?,28?/m1/s1. The molecule has 4 aliphatic rings. The van der Waals surface area contributed by atoms with Crippen molar-refractivity contribution in [2.45, 2.75) is 90.5 Å². The van der Waals surface area contributed by atoms with E-state index in [0.717, 1.165) is 0 Å². The van der Waals surface area contributed by atoms with Gasteiger partial charge in [-0.25, -0.2) is 9.59 Å². The van der Waals surface area contributed by atoms with E-state index in [1.165, 1.54) is 34.1 Å². The molecule has 2 heterocycles. The third-order valence-electron chi connectivity index (χ3n) is 9.47. The topological polar surface area (TPSA) is 162 Å². The highest BCUT2D eigenvalue weighted by molar-refractivity contribution is 6.37. The van der Waals surface area contributed by atoms with Crippen LogP contribution < -0.4 is 0 Å². The fourth-order valence-electron chi connectivity index (χ4n) is 7.25. The Kier molecular flexibility index (Phi) is 8.64. The summed E-state index contributed by atoms with van der Waals surface area (Å²) < 4.78 is 10.9. The van der Waals surface area contributed by atoms with E-state index >= 15 is 0 Å². The quantitative estimate of drug-likeness (QED) is 0.379. The fourth-order valence-corrected chi connectivity index (χ4v) is 7.25. The number of fused-ring (bicyclic) bond motifs is 2. The van der Waals surface area contributed by atoms with E-state index < -0.39 is 82.0 Å². The number of carbonyl (C=O) groups is 8. The van der Waals surface area contributed by atoms with Gasteiger partial charge < -0.3 is 9.47 Å². The predicted molar refractivity (Wildman–Crippen MR) is 178 cm³/mol. The smallest absolute Gasteiger partial charge is 0.410 e. The van der Waals surface area contributed by atoms with Crippen molar-refractivity contribution in [3.8, 4) is 11.1 Å². The zero-order chi connectivity index (χ0) is 36.4. The number of amides is 2. The van der Waals surface area contributed by atoms with E-state index in [1.807, 2.05) is 0 Å². The molecule has 2 aliphatic carbocycles. The molecule has 2 aliphatic heterocycles. The van der Waals surface area contributed by atoms with E-state index in [-0.39, 0.29) is 35.3 Å². The number of Topliss-reactive ketones (excluding diaryl/α,β-unsaturated/α-hetero) is 6.